The maximum Gasteiger partial charge on any atom is 0.243 e. The van der Waals surface area contributed by atoms with E-state index in [0.717, 1.165) is 16.9 Å². The van der Waals surface area contributed by atoms with Crippen LogP contribution in [0.5, 0.6) is 0 Å². The van der Waals surface area contributed by atoms with Gasteiger partial charge in [0.1, 0.15) is 11.9 Å². The molecule has 6 heteroatoms. The van der Waals surface area contributed by atoms with E-state index in [-0.39, 0.29) is 4.90 Å². The van der Waals surface area contributed by atoms with E-state index in [1.54, 1.807) is 30.5 Å². The van der Waals surface area contributed by atoms with Gasteiger partial charge in [-0.05, 0) is 29.3 Å². The molecule has 4 rings (SSSR count). The van der Waals surface area contributed by atoms with E-state index in [0.29, 0.717) is 25.1 Å². The summed E-state index contributed by atoms with van der Waals surface area (Å²) in [7, 11) is -3.58. The molecule has 0 saturated carbocycles. The van der Waals surface area contributed by atoms with Gasteiger partial charge in [0.05, 0.1) is 11.2 Å². The van der Waals surface area contributed by atoms with Crippen molar-refractivity contribution in [1.29, 1.82) is 0 Å². The maximum absolute atomic E-state index is 12.9. The molecule has 0 amide bonds. The van der Waals surface area contributed by atoms with Gasteiger partial charge in [0.25, 0.3) is 0 Å². The molecular formula is C20H19NO4S. The molecule has 1 unspecified atom stereocenters. The number of hydrogen-bond donors (Lipinski definition) is 1. The summed E-state index contributed by atoms with van der Waals surface area (Å²) in [4.78, 5) is 0.230. The number of sulfonamides is 1. The normalized spacial score (nSPS) is 16.2. The quantitative estimate of drug-likeness (QED) is 0.767. The predicted molar refractivity (Wildman–Crippen MR) is 97.0 cm³/mol. The second-order valence-electron chi connectivity index (χ2n) is 6.34. The lowest BCUT2D eigenvalue weighted by Crippen LogP contribution is -2.35. The largest absolute Gasteiger partial charge is 0.469 e. The second-order valence-corrected chi connectivity index (χ2v) is 8.28. The van der Waals surface area contributed by atoms with Crippen molar-refractivity contribution in [3.05, 3.63) is 89.4 Å². The Hall–Kier alpha value is -2.41. The van der Waals surface area contributed by atoms with Gasteiger partial charge < -0.3 is 9.52 Å². The first kappa shape index (κ1) is 17.0. The first-order chi connectivity index (χ1) is 12.6. The van der Waals surface area contributed by atoms with Crippen LogP contribution in [0.25, 0.3) is 0 Å². The summed E-state index contributed by atoms with van der Waals surface area (Å²) in [6.45, 7) is 0.722. The number of hydrogen-bond acceptors (Lipinski definition) is 4. The van der Waals surface area contributed by atoms with Crippen LogP contribution in [-0.4, -0.2) is 24.4 Å². The third kappa shape index (κ3) is 3.07. The summed E-state index contributed by atoms with van der Waals surface area (Å²) in [5.74, 6) is 0.859. The van der Waals surface area contributed by atoms with Gasteiger partial charge in [0.2, 0.25) is 10.0 Å². The van der Waals surface area contributed by atoms with E-state index in [4.69, 9.17) is 4.42 Å². The molecule has 0 spiro atoms. The molecular weight excluding hydrogens is 350 g/mol. The van der Waals surface area contributed by atoms with Crippen molar-refractivity contribution in [2.45, 2.75) is 24.0 Å². The van der Waals surface area contributed by atoms with Crippen LogP contribution in [0, 0.1) is 0 Å². The van der Waals surface area contributed by atoms with Gasteiger partial charge in [0, 0.05) is 25.1 Å². The third-order valence-electron chi connectivity index (χ3n) is 4.72. The smallest absolute Gasteiger partial charge is 0.243 e. The molecule has 26 heavy (non-hydrogen) atoms. The van der Waals surface area contributed by atoms with Crippen LogP contribution in [0.3, 0.4) is 0 Å². The molecule has 3 aromatic rings. The Morgan fingerprint density at radius 1 is 0.962 bits per heavy atom. The summed E-state index contributed by atoms with van der Waals surface area (Å²) in [5.41, 5.74) is 2.34. The zero-order valence-corrected chi connectivity index (χ0v) is 14.9. The number of aliphatic hydroxyl groups excluding tert-OH is 1. The molecule has 1 atom stereocenters. The molecule has 0 radical (unpaired) electrons. The van der Waals surface area contributed by atoms with Crippen LogP contribution >= 0.6 is 0 Å². The monoisotopic (exact) mass is 369 g/mol. The van der Waals surface area contributed by atoms with Gasteiger partial charge in [-0.15, -0.1) is 0 Å². The Bertz CT molecular complexity index is 994. The van der Waals surface area contributed by atoms with Crippen molar-refractivity contribution >= 4 is 10.0 Å². The van der Waals surface area contributed by atoms with Crippen LogP contribution in [-0.2, 0) is 23.0 Å². The fraction of sp³-hybridized carbons (Fsp3) is 0.200. The van der Waals surface area contributed by atoms with Crippen LogP contribution < -0.4 is 0 Å². The minimum Gasteiger partial charge on any atom is -0.469 e. The minimum atomic E-state index is -3.58. The molecule has 0 aliphatic carbocycles. The first-order valence-electron chi connectivity index (χ1n) is 8.44. The van der Waals surface area contributed by atoms with Crippen LogP contribution in [0.2, 0.25) is 0 Å². The van der Waals surface area contributed by atoms with Crippen molar-refractivity contribution in [1.82, 2.24) is 4.31 Å². The van der Waals surface area contributed by atoms with E-state index < -0.39 is 16.1 Å². The van der Waals surface area contributed by atoms with Crippen LogP contribution in [0.1, 0.15) is 28.6 Å². The fourth-order valence-electron chi connectivity index (χ4n) is 3.23. The lowest BCUT2D eigenvalue weighted by molar-refractivity contribution is 0.220. The molecule has 0 saturated heterocycles. The molecule has 2 aromatic carbocycles. The molecule has 0 bridgehead atoms. The van der Waals surface area contributed by atoms with Crippen molar-refractivity contribution in [2.24, 2.45) is 0 Å². The Morgan fingerprint density at radius 2 is 1.65 bits per heavy atom. The van der Waals surface area contributed by atoms with Gasteiger partial charge in [-0.25, -0.2) is 8.42 Å². The highest BCUT2D eigenvalue weighted by Gasteiger charge is 2.29. The highest BCUT2D eigenvalue weighted by atomic mass is 32.2. The fourth-order valence-corrected chi connectivity index (χ4v) is 4.65. The van der Waals surface area contributed by atoms with Crippen molar-refractivity contribution in [3.8, 4) is 0 Å². The number of furan rings is 1. The van der Waals surface area contributed by atoms with Gasteiger partial charge in [-0.2, -0.15) is 4.31 Å². The zero-order chi connectivity index (χ0) is 18.1. The molecule has 5 nitrogen and oxygen atoms in total. The van der Waals surface area contributed by atoms with Gasteiger partial charge in [-0.1, -0.05) is 42.5 Å². The van der Waals surface area contributed by atoms with E-state index in [2.05, 4.69) is 0 Å². The summed E-state index contributed by atoms with van der Waals surface area (Å²) in [5, 5.41) is 10.4. The van der Waals surface area contributed by atoms with Gasteiger partial charge >= 0.3 is 0 Å². The van der Waals surface area contributed by atoms with Gasteiger partial charge in [0.15, 0.2) is 0 Å². The summed E-state index contributed by atoms with van der Waals surface area (Å²) in [6.07, 6.45) is 1.39. The summed E-state index contributed by atoms with van der Waals surface area (Å²) >= 11 is 0. The maximum atomic E-state index is 12.9. The third-order valence-corrected chi connectivity index (χ3v) is 6.58. The number of fused-ring (bicyclic) bond motifs is 1. The van der Waals surface area contributed by atoms with E-state index >= 15 is 0 Å². The van der Waals surface area contributed by atoms with Gasteiger partial charge in [-0.3, -0.25) is 0 Å². The minimum absolute atomic E-state index is 0.230. The molecule has 2 heterocycles. The molecule has 1 N–H and O–H groups in total. The Balaban J connectivity index is 1.56. The standard InChI is InChI=1S/C20H19NO4S/c22-20(15-4-2-1-3-5-15)16-6-8-18(9-7-16)26(23,24)21-12-10-19-17(14-21)11-13-25-19/h1-9,11,13,20,22H,10,12,14H2. The highest BCUT2D eigenvalue weighted by Crippen LogP contribution is 2.27. The Kier molecular flexibility index (Phi) is 4.40. The predicted octanol–water partition coefficient (Wildman–Crippen LogP) is 3.11. The van der Waals surface area contributed by atoms with E-state index in [1.807, 2.05) is 36.4 Å². The number of nitrogens with zero attached hydrogens (tertiary/aromatic N) is 1. The van der Waals surface area contributed by atoms with Crippen molar-refractivity contribution in [3.63, 3.8) is 0 Å². The topological polar surface area (TPSA) is 70.8 Å². The second kappa shape index (κ2) is 6.72. The highest BCUT2D eigenvalue weighted by molar-refractivity contribution is 7.89. The Labute approximate surface area is 152 Å². The zero-order valence-electron chi connectivity index (χ0n) is 14.1. The average Bonchev–Trinajstić information content (AvgIpc) is 3.16. The summed E-state index contributed by atoms with van der Waals surface area (Å²) < 4.78 is 32.6. The molecule has 1 aliphatic heterocycles. The number of rotatable bonds is 4. The van der Waals surface area contributed by atoms with E-state index in [9.17, 15) is 13.5 Å². The SMILES string of the molecule is O=S(=O)(c1ccc(C(O)c2ccccc2)cc1)N1CCc2occc2C1. The molecule has 1 aromatic heterocycles. The van der Waals surface area contributed by atoms with Crippen molar-refractivity contribution < 1.29 is 17.9 Å². The van der Waals surface area contributed by atoms with E-state index in [1.165, 1.54) is 4.31 Å². The molecule has 0 fully saturated rings. The number of aliphatic hydroxyl groups is 1. The molecule has 1 aliphatic rings. The average molecular weight is 369 g/mol. The Morgan fingerprint density at radius 3 is 2.38 bits per heavy atom. The lowest BCUT2D eigenvalue weighted by Gasteiger charge is -2.25. The van der Waals surface area contributed by atoms with Crippen molar-refractivity contribution in [2.75, 3.05) is 6.54 Å². The number of benzene rings is 2. The van der Waals surface area contributed by atoms with Crippen LogP contribution in [0.15, 0.2) is 76.2 Å². The summed E-state index contributed by atoms with van der Waals surface area (Å²) in [6, 6.07) is 17.5. The molecule has 134 valence electrons. The van der Waals surface area contributed by atoms with Crippen LogP contribution in [0.4, 0.5) is 0 Å². The first-order valence-corrected chi connectivity index (χ1v) is 9.88. The lowest BCUT2D eigenvalue weighted by atomic mass is 10.0.